The molecule has 4 heteroatoms. The summed E-state index contributed by atoms with van der Waals surface area (Å²) in [4.78, 5) is 20.4. The van der Waals surface area contributed by atoms with Crippen molar-refractivity contribution in [1.29, 1.82) is 0 Å². The summed E-state index contributed by atoms with van der Waals surface area (Å²) in [5, 5.41) is 10.9. The van der Waals surface area contributed by atoms with E-state index in [-0.39, 0.29) is 0 Å². The molecular formula is C58H36N4. The van der Waals surface area contributed by atoms with Crippen molar-refractivity contribution in [2.24, 2.45) is 0 Å². The van der Waals surface area contributed by atoms with Crippen molar-refractivity contribution >= 4 is 54.0 Å². The lowest BCUT2D eigenvalue weighted by atomic mass is 9.91. The number of fused-ring (bicyclic) bond motifs is 8. The Labute approximate surface area is 358 Å². The Morgan fingerprint density at radius 1 is 0.242 bits per heavy atom. The van der Waals surface area contributed by atoms with Gasteiger partial charge in [0.2, 0.25) is 0 Å². The molecule has 62 heavy (non-hydrogen) atoms. The molecule has 10 aromatic carbocycles. The van der Waals surface area contributed by atoms with Gasteiger partial charge >= 0.3 is 0 Å². The van der Waals surface area contributed by atoms with Gasteiger partial charge in [0.05, 0.1) is 11.2 Å². The van der Waals surface area contributed by atoms with E-state index in [1.807, 2.05) is 60.7 Å². The van der Waals surface area contributed by atoms with E-state index in [2.05, 4.69) is 158 Å². The highest BCUT2D eigenvalue weighted by Gasteiger charge is 2.18. The minimum absolute atomic E-state index is 0.625. The van der Waals surface area contributed by atoms with E-state index in [4.69, 9.17) is 19.9 Å². The minimum Gasteiger partial charge on any atom is -0.246 e. The number of pyridine rings is 1. The quantitative estimate of drug-likeness (QED) is 0.158. The monoisotopic (exact) mass is 788 g/mol. The van der Waals surface area contributed by atoms with E-state index >= 15 is 0 Å². The Morgan fingerprint density at radius 3 is 1.39 bits per heavy atom. The Balaban J connectivity index is 1.000. The van der Waals surface area contributed by atoms with Gasteiger partial charge in [-0.15, -0.1) is 0 Å². The highest BCUT2D eigenvalue weighted by Crippen LogP contribution is 2.42. The molecule has 0 saturated carbocycles. The third-order valence-corrected chi connectivity index (χ3v) is 12.1. The second-order valence-electron chi connectivity index (χ2n) is 15.8. The van der Waals surface area contributed by atoms with Gasteiger partial charge in [-0.1, -0.05) is 212 Å². The normalized spacial score (nSPS) is 11.5. The zero-order valence-corrected chi connectivity index (χ0v) is 33.6. The first-order valence-corrected chi connectivity index (χ1v) is 21.0. The number of benzene rings is 10. The number of hydrogen-bond donors (Lipinski definition) is 0. The highest BCUT2D eigenvalue weighted by atomic mass is 15.0. The van der Waals surface area contributed by atoms with E-state index in [1.54, 1.807) is 0 Å². The van der Waals surface area contributed by atoms with Gasteiger partial charge in [0.25, 0.3) is 0 Å². The predicted molar refractivity (Wildman–Crippen MR) is 258 cm³/mol. The van der Waals surface area contributed by atoms with E-state index in [9.17, 15) is 0 Å². The Morgan fingerprint density at radius 2 is 0.726 bits per heavy atom. The highest BCUT2D eigenvalue weighted by molar-refractivity contribution is 6.24. The molecule has 0 aliphatic carbocycles. The fraction of sp³-hybridized carbons (Fsp3) is 0. The molecule has 0 amide bonds. The van der Waals surface area contributed by atoms with Crippen LogP contribution in [-0.2, 0) is 0 Å². The number of hydrogen-bond acceptors (Lipinski definition) is 4. The molecule has 0 bridgehead atoms. The molecule has 0 atom stereocenters. The van der Waals surface area contributed by atoms with Crippen molar-refractivity contribution in [2.45, 2.75) is 0 Å². The zero-order chi connectivity index (χ0) is 41.0. The maximum atomic E-state index is 5.59. The Hall–Kier alpha value is -8.34. The maximum Gasteiger partial charge on any atom is 0.164 e. The van der Waals surface area contributed by atoms with E-state index in [1.165, 1.54) is 48.8 Å². The predicted octanol–water partition coefficient (Wildman–Crippen LogP) is 15.0. The van der Waals surface area contributed by atoms with Gasteiger partial charge in [0.15, 0.2) is 17.5 Å². The first-order valence-electron chi connectivity index (χ1n) is 21.0. The van der Waals surface area contributed by atoms with Crippen LogP contribution < -0.4 is 0 Å². The summed E-state index contributed by atoms with van der Waals surface area (Å²) in [7, 11) is 0. The molecule has 0 spiro atoms. The molecular weight excluding hydrogens is 753 g/mol. The molecule has 2 aromatic heterocycles. The summed E-state index contributed by atoms with van der Waals surface area (Å²) in [5.41, 5.74) is 10.3. The lowest BCUT2D eigenvalue weighted by molar-refractivity contribution is 1.07. The molecule has 0 saturated heterocycles. The number of para-hydroxylation sites is 1. The van der Waals surface area contributed by atoms with Crippen molar-refractivity contribution < 1.29 is 0 Å². The van der Waals surface area contributed by atoms with Crippen LogP contribution in [0.4, 0.5) is 0 Å². The first-order chi connectivity index (χ1) is 30.7. The van der Waals surface area contributed by atoms with E-state index in [0.717, 1.165) is 55.4 Å². The van der Waals surface area contributed by atoms with Gasteiger partial charge < -0.3 is 0 Å². The van der Waals surface area contributed by atoms with E-state index < -0.39 is 0 Å². The molecule has 12 rings (SSSR count). The molecule has 0 unspecified atom stereocenters. The zero-order valence-electron chi connectivity index (χ0n) is 33.6. The van der Waals surface area contributed by atoms with Crippen LogP contribution in [0.2, 0.25) is 0 Å². The molecule has 0 fully saturated rings. The number of nitrogens with zero attached hydrogens (tertiary/aromatic N) is 4. The average Bonchev–Trinajstić information content (AvgIpc) is 3.36. The molecule has 0 N–H and O–H groups in total. The molecule has 2 heterocycles. The molecule has 288 valence electrons. The SMILES string of the molecule is c1ccc(-c2nc(-c3ccccc3)nc(-c3ccc(-c4cccc5c4nc(-c4ccc(-c6cc7ccccc7c7ccccc67)cc4)c4ccc6ccccc6c45)cc3)n2)cc1. The Kier molecular flexibility index (Phi) is 8.46. The van der Waals surface area contributed by atoms with Gasteiger partial charge in [-0.25, -0.2) is 19.9 Å². The van der Waals surface area contributed by atoms with Crippen molar-refractivity contribution in [3.8, 4) is 67.7 Å². The van der Waals surface area contributed by atoms with Crippen LogP contribution in [0.15, 0.2) is 218 Å². The molecule has 12 aromatic rings. The van der Waals surface area contributed by atoms with Crippen LogP contribution >= 0.6 is 0 Å². The van der Waals surface area contributed by atoms with Crippen LogP contribution in [0.1, 0.15) is 0 Å². The van der Waals surface area contributed by atoms with Crippen molar-refractivity contribution in [3.05, 3.63) is 218 Å². The summed E-state index contributed by atoms with van der Waals surface area (Å²) in [6, 6.07) is 77.1. The molecule has 0 aliphatic heterocycles. The summed E-state index contributed by atoms with van der Waals surface area (Å²) in [6.45, 7) is 0. The van der Waals surface area contributed by atoms with Gasteiger partial charge in [-0.05, 0) is 55.1 Å². The number of rotatable bonds is 6. The molecule has 4 nitrogen and oxygen atoms in total. The van der Waals surface area contributed by atoms with Crippen LogP contribution in [0.25, 0.3) is 122 Å². The topological polar surface area (TPSA) is 51.6 Å². The van der Waals surface area contributed by atoms with Gasteiger partial charge in [0, 0.05) is 44.0 Å². The van der Waals surface area contributed by atoms with Gasteiger partial charge in [-0.3, -0.25) is 0 Å². The summed E-state index contributed by atoms with van der Waals surface area (Å²) < 4.78 is 0. The largest absolute Gasteiger partial charge is 0.246 e. The smallest absolute Gasteiger partial charge is 0.164 e. The van der Waals surface area contributed by atoms with Crippen molar-refractivity contribution in [2.75, 3.05) is 0 Å². The van der Waals surface area contributed by atoms with Gasteiger partial charge in [-0.2, -0.15) is 0 Å². The summed E-state index contributed by atoms with van der Waals surface area (Å²) >= 11 is 0. The molecule has 0 radical (unpaired) electrons. The summed E-state index contributed by atoms with van der Waals surface area (Å²) in [6.07, 6.45) is 0. The third-order valence-electron chi connectivity index (χ3n) is 12.1. The second kappa shape index (κ2) is 14.7. The maximum absolute atomic E-state index is 5.59. The first kappa shape index (κ1) is 35.6. The van der Waals surface area contributed by atoms with Crippen LogP contribution in [-0.4, -0.2) is 19.9 Å². The van der Waals surface area contributed by atoms with Crippen LogP contribution in [0.5, 0.6) is 0 Å². The Bertz CT molecular complexity index is 3600. The average molecular weight is 789 g/mol. The number of aromatic nitrogens is 4. The lowest BCUT2D eigenvalue weighted by Crippen LogP contribution is -2.00. The minimum atomic E-state index is 0.625. The van der Waals surface area contributed by atoms with Gasteiger partial charge in [0.1, 0.15) is 0 Å². The third kappa shape index (κ3) is 6.08. The van der Waals surface area contributed by atoms with Crippen LogP contribution in [0, 0.1) is 0 Å². The van der Waals surface area contributed by atoms with Crippen LogP contribution in [0.3, 0.4) is 0 Å². The summed E-state index contributed by atoms with van der Waals surface area (Å²) in [5.74, 6) is 1.91. The fourth-order valence-electron chi connectivity index (χ4n) is 9.09. The van der Waals surface area contributed by atoms with Crippen molar-refractivity contribution in [1.82, 2.24) is 19.9 Å². The van der Waals surface area contributed by atoms with Crippen molar-refractivity contribution in [3.63, 3.8) is 0 Å². The lowest BCUT2D eigenvalue weighted by Gasteiger charge is -2.16. The van der Waals surface area contributed by atoms with E-state index in [0.29, 0.717) is 17.5 Å². The second-order valence-corrected chi connectivity index (χ2v) is 15.8. The molecule has 0 aliphatic rings. The standard InChI is InChI=1S/C58H36N4/c1-3-15-41(16-4-1)56-60-57(42-17-5-2-6-18-42)62-58(61-56)43-32-28-38(29-33-43)47-24-13-25-50-53-46-21-10-7-14-37(46)34-35-51(53)54(59-55(47)50)40-30-26-39(27-31-40)52-36-44-19-8-9-20-45(44)48-22-11-12-23-49(48)52/h1-36H. The fourth-order valence-corrected chi connectivity index (χ4v) is 9.09.